The predicted octanol–water partition coefficient (Wildman–Crippen LogP) is 5.19. The van der Waals surface area contributed by atoms with Gasteiger partial charge in [-0.1, -0.05) is 17.8 Å². The van der Waals surface area contributed by atoms with Gasteiger partial charge < -0.3 is 23.4 Å². The van der Waals surface area contributed by atoms with Crippen molar-refractivity contribution in [1.29, 1.82) is 0 Å². The van der Waals surface area contributed by atoms with Gasteiger partial charge in [0.2, 0.25) is 5.89 Å². The van der Waals surface area contributed by atoms with Crippen LogP contribution in [-0.4, -0.2) is 43.6 Å². The summed E-state index contributed by atoms with van der Waals surface area (Å²) in [5, 5.41) is 11.6. The molecule has 166 valence electrons. The molecule has 0 spiro atoms. The van der Waals surface area contributed by atoms with Crippen LogP contribution < -0.4 is 18.9 Å². The number of hydrogen-bond acceptors (Lipinski definition) is 10. The van der Waals surface area contributed by atoms with Gasteiger partial charge in [0.15, 0.2) is 11.5 Å². The van der Waals surface area contributed by atoms with Crippen molar-refractivity contribution in [3.05, 3.63) is 47.5 Å². The molecule has 2 aromatic heterocycles. The van der Waals surface area contributed by atoms with Crippen molar-refractivity contribution in [1.82, 2.24) is 15.2 Å². The van der Waals surface area contributed by atoms with Crippen LogP contribution in [0, 0.1) is 0 Å². The van der Waals surface area contributed by atoms with Crippen LogP contribution in [0.15, 0.2) is 51.4 Å². The van der Waals surface area contributed by atoms with Gasteiger partial charge in [-0.3, -0.25) is 0 Å². The van der Waals surface area contributed by atoms with Crippen LogP contribution in [-0.2, 0) is 5.75 Å². The van der Waals surface area contributed by atoms with Crippen LogP contribution in [0.25, 0.3) is 22.0 Å². The summed E-state index contributed by atoms with van der Waals surface area (Å²) in [6, 6.07) is 11.2. The first kappa shape index (κ1) is 22.0. The smallest absolute Gasteiger partial charge is 0.277 e. The van der Waals surface area contributed by atoms with Crippen LogP contribution in [0.1, 0.15) is 5.69 Å². The van der Waals surface area contributed by atoms with E-state index in [2.05, 4.69) is 10.2 Å². The van der Waals surface area contributed by atoms with Gasteiger partial charge in [0, 0.05) is 22.8 Å². The van der Waals surface area contributed by atoms with Crippen molar-refractivity contribution in [3.8, 4) is 45.0 Å². The third-order valence-corrected chi connectivity index (χ3v) is 6.31. The van der Waals surface area contributed by atoms with Crippen molar-refractivity contribution in [2.75, 3.05) is 28.4 Å². The average molecular weight is 472 g/mol. The summed E-state index contributed by atoms with van der Waals surface area (Å²) in [7, 11) is 6.43. The lowest BCUT2D eigenvalue weighted by atomic mass is 10.2. The monoisotopic (exact) mass is 471 g/mol. The normalized spacial score (nSPS) is 10.8. The Kier molecular flexibility index (Phi) is 6.81. The summed E-state index contributed by atoms with van der Waals surface area (Å²) in [5.41, 5.74) is 2.52. The van der Waals surface area contributed by atoms with Gasteiger partial charge in [0.25, 0.3) is 5.22 Å². The molecule has 0 unspecified atom stereocenters. The van der Waals surface area contributed by atoms with Crippen molar-refractivity contribution >= 4 is 23.1 Å². The molecule has 0 bridgehead atoms. The fourth-order valence-electron chi connectivity index (χ4n) is 3.00. The molecular formula is C22H21N3O5S2. The summed E-state index contributed by atoms with van der Waals surface area (Å²) in [6.07, 6.45) is 0. The Hall–Kier alpha value is -3.24. The summed E-state index contributed by atoms with van der Waals surface area (Å²) in [5.74, 6) is 3.61. The second-order valence-electron chi connectivity index (χ2n) is 6.45. The number of hydrogen-bond donors (Lipinski definition) is 0. The minimum absolute atomic E-state index is 0.393. The highest BCUT2D eigenvalue weighted by Crippen LogP contribution is 2.39. The molecular weight excluding hydrogens is 450 g/mol. The number of nitrogens with zero attached hydrogens (tertiary/aromatic N) is 3. The topological polar surface area (TPSA) is 88.7 Å². The lowest BCUT2D eigenvalue weighted by Crippen LogP contribution is -1.93. The zero-order chi connectivity index (χ0) is 22.5. The summed E-state index contributed by atoms with van der Waals surface area (Å²) < 4.78 is 27.3. The van der Waals surface area contributed by atoms with Gasteiger partial charge in [-0.15, -0.1) is 21.5 Å². The Balaban J connectivity index is 1.48. The highest BCUT2D eigenvalue weighted by atomic mass is 32.2. The Bertz CT molecular complexity index is 1190. The number of ether oxygens (including phenoxy) is 4. The lowest BCUT2D eigenvalue weighted by Gasteiger charge is -2.10. The second kappa shape index (κ2) is 9.92. The van der Waals surface area contributed by atoms with Crippen molar-refractivity contribution in [2.24, 2.45) is 0 Å². The number of para-hydroxylation sites is 1. The van der Waals surface area contributed by atoms with Crippen molar-refractivity contribution in [3.63, 3.8) is 0 Å². The minimum Gasteiger partial charge on any atom is -0.497 e. The van der Waals surface area contributed by atoms with Crippen LogP contribution in [0.4, 0.5) is 0 Å². The molecule has 0 aliphatic rings. The maximum atomic E-state index is 5.82. The van der Waals surface area contributed by atoms with Crippen molar-refractivity contribution < 1.29 is 23.4 Å². The standard InChI is InChI=1S/C22H21N3O5S2/c1-26-15-8-13(9-16(10-15)27-2)20-24-25-22(30-20)32-12-14-11-31-21(23-14)17-6-5-7-18(28-3)19(17)29-4/h5-11H,12H2,1-4H3. The fraction of sp³-hybridized carbons (Fsp3) is 0.227. The highest BCUT2D eigenvalue weighted by molar-refractivity contribution is 7.98. The molecule has 10 heteroatoms. The van der Waals surface area contributed by atoms with E-state index in [1.54, 1.807) is 45.8 Å². The Morgan fingerprint density at radius 3 is 2.41 bits per heavy atom. The molecule has 0 saturated carbocycles. The highest BCUT2D eigenvalue weighted by Gasteiger charge is 2.16. The Morgan fingerprint density at radius 2 is 1.72 bits per heavy atom. The van der Waals surface area contributed by atoms with Crippen LogP contribution >= 0.6 is 23.1 Å². The van der Waals surface area contributed by atoms with Crippen LogP contribution in [0.3, 0.4) is 0 Å². The number of aromatic nitrogens is 3. The van der Waals surface area contributed by atoms with Gasteiger partial charge >= 0.3 is 0 Å². The molecule has 0 aliphatic carbocycles. The summed E-state index contributed by atoms with van der Waals surface area (Å²) in [6.45, 7) is 0. The zero-order valence-electron chi connectivity index (χ0n) is 17.9. The van der Waals surface area contributed by atoms with E-state index in [0.29, 0.717) is 39.9 Å². The molecule has 8 nitrogen and oxygen atoms in total. The molecule has 32 heavy (non-hydrogen) atoms. The molecule has 2 heterocycles. The molecule has 0 saturated heterocycles. The number of thioether (sulfide) groups is 1. The third-order valence-electron chi connectivity index (χ3n) is 4.53. The van der Waals surface area contributed by atoms with E-state index < -0.39 is 0 Å². The first-order valence-electron chi connectivity index (χ1n) is 9.50. The molecule has 0 radical (unpaired) electrons. The van der Waals surface area contributed by atoms with E-state index in [-0.39, 0.29) is 0 Å². The van der Waals surface area contributed by atoms with Gasteiger partial charge in [-0.2, -0.15) is 0 Å². The summed E-state index contributed by atoms with van der Waals surface area (Å²) in [4.78, 5) is 4.73. The molecule has 0 aliphatic heterocycles. The minimum atomic E-state index is 0.393. The van der Waals surface area contributed by atoms with E-state index in [9.17, 15) is 0 Å². The molecule has 4 rings (SSSR count). The van der Waals surface area contributed by atoms with Crippen LogP contribution in [0.2, 0.25) is 0 Å². The van der Waals surface area contributed by atoms with E-state index >= 15 is 0 Å². The Morgan fingerprint density at radius 1 is 0.938 bits per heavy atom. The fourth-order valence-corrected chi connectivity index (χ4v) is 4.61. The average Bonchev–Trinajstić information content (AvgIpc) is 3.51. The first-order valence-corrected chi connectivity index (χ1v) is 11.4. The molecule has 2 aromatic carbocycles. The summed E-state index contributed by atoms with van der Waals surface area (Å²) >= 11 is 2.96. The van der Waals surface area contributed by atoms with E-state index in [1.807, 2.05) is 35.7 Å². The van der Waals surface area contributed by atoms with E-state index in [0.717, 1.165) is 21.8 Å². The third kappa shape index (κ3) is 4.66. The molecule has 4 aromatic rings. The van der Waals surface area contributed by atoms with Gasteiger partial charge in [-0.25, -0.2) is 4.98 Å². The SMILES string of the molecule is COc1cc(OC)cc(-c2nnc(SCc3csc(-c4cccc(OC)c4OC)n3)o2)c1. The van der Waals surface area contributed by atoms with Crippen molar-refractivity contribution in [2.45, 2.75) is 11.0 Å². The number of thiazole rings is 1. The van der Waals surface area contributed by atoms with E-state index in [4.69, 9.17) is 28.3 Å². The molecule has 0 fully saturated rings. The van der Waals surface area contributed by atoms with Gasteiger partial charge in [0.05, 0.1) is 39.7 Å². The van der Waals surface area contributed by atoms with E-state index in [1.165, 1.54) is 11.8 Å². The number of benzene rings is 2. The maximum absolute atomic E-state index is 5.82. The van der Waals surface area contributed by atoms with Gasteiger partial charge in [-0.05, 0) is 24.3 Å². The predicted molar refractivity (Wildman–Crippen MR) is 123 cm³/mol. The number of rotatable bonds is 9. The molecule has 0 atom stereocenters. The maximum Gasteiger partial charge on any atom is 0.277 e. The molecule has 0 N–H and O–H groups in total. The molecule has 0 amide bonds. The number of methoxy groups -OCH3 is 4. The lowest BCUT2D eigenvalue weighted by molar-refractivity contribution is 0.356. The Labute approximate surface area is 193 Å². The first-order chi connectivity index (χ1) is 15.6. The van der Waals surface area contributed by atoms with Crippen LogP contribution in [0.5, 0.6) is 23.0 Å². The second-order valence-corrected chi connectivity index (χ2v) is 8.23. The zero-order valence-corrected chi connectivity index (χ0v) is 19.6. The largest absolute Gasteiger partial charge is 0.497 e. The quantitative estimate of drug-likeness (QED) is 0.306. The van der Waals surface area contributed by atoms with Gasteiger partial charge in [0.1, 0.15) is 16.5 Å².